The molecule has 9 nitrogen and oxygen atoms in total. The van der Waals surface area contributed by atoms with E-state index in [9.17, 15) is 4.79 Å². The van der Waals surface area contributed by atoms with E-state index in [0.717, 1.165) is 48.6 Å². The van der Waals surface area contributed by atoms with E-state index in [1.54, 1.807) is 22.3 Å². The van der Waals surface area contributed by atoms with Gasteiger partial charge in [-0.25, -0.2) is 9.37 Å². The fourth-order valence-electron chi connectivity index (χ4n) is 4.17. The lowest BCUT2D eigenvalue weighted by molar-refractivity contribution is 0.102. The van der Waals surface area contributed by atoms with Crippen molar-refractivity contribution in [3.8, 4) is 0 Å². The molecular weight excluding hydrogens is 399 g/mol. The zero-order valence-corrected chi connectivity index (χ0v) is 17.6. The van der Waals surface area contributed by atoms with Gasteiger partial charge in [-0.2, -0.15) is 5.10 Å². The molecule has 2 N–H and O–H groups in total. The lowest BCUT2D eigenvalue weighted by Gasteiger charge is -2.30. The highest BCUT2D eigenvalue weighted by Crippen LogP contribution is 2.32. The number of anilines is 2. The first-order chi connectivity index (χ1) is 14.9. The van der Waals surface area contributed by atoms with E-state index in [4.69, 9.17) is 0 Å². The van der Waals surface area contributed by atoms with Crippen molar-refractivity contribution in [3.05, 3.63) is 47.4 Å². The fourth-order valence-corrected chi connectivity index (χ4v) is 4.17. The molecule has 0 unspecified atom stereocenters. The molecular formula is C21H23FN8O. The van der Waals surface area contributed by atoms with Crippen molar-refractivity contribution in [2.24, 2.45) is 7.05 Å². The monoisotopic (exact) mass is 422 g/mol. The summed E-state index contributed by atoms with van der Waals surface area (Å²) in [4.78, 5) is 24.0. The summed E-state index contributed by atoms with van der Waals surface area (Å²) in [5.74, 6) is -0.858. The number of nitrogens with one attached hydrogen (secondary N) is 2. The summed E-state index contributed by atoms with van der Waals surface area (Å²) in [5, 5.41) is 11.2. The van der Waals surface area contributed by atoms with Gasteiger partial charge >= 0.3 is 0 Å². The molecule has 1 fully saturated rings. The van der Waals surface area contributed by atoms with Crippen LogP contribution in [-0.4, -0.2) is 56.2 Å². The Bertz CT molecular complexity index is 1320. The standard InChI is InChI=1S/C21H23FN8O/c1-12-9-30-11-17(25-20(30)13(2)24-12)26-21(31)18-15(22)8-16(29-6-4-23-5-7-29)14-10-28(3)27-19(14)18/h8-11,23H,4-7H2,1-3H3,(H,26,31). The number of carbonyl (C=O) groups excluding carboxylic acids is 1. The highest BCUT2D eigenvalue weighted by molar-refractivity contribution is 6.14. The number of halogens is 1. The van der Waals surface area contributed by atoms with Gasteiger partial charge in [0.15, 0.2) is 11.5 Å². The van der Waals surface area contributed by atoms with Gasteiger partial charge in [-0.15, -0.1) is 0 Å². The van der Waals surface area contributed by atoms with Crippen LogP contribution >= 0.6 is 0 Å². The molecule has 1 aromatic carbocycles. The lowest BCUT2D eigenvalue weighted by atomic mass is 10.1. The van der Waals surface area contributed by atoms with E-state index in [1.807, 2.05) is 26.2 Å². The molecule has 4 heterocycles. The van der Waals surface area contributed by atoms with E-state index in [1.165, 1.54) is 6.07 Å². The van der Waals surface area contributed by atoms with Gasteiger partial charge in [-0.05, 0) is 19.9 Å². The predicted molar refractivity (Wildman–Crippen MR) is 116 cm³/mol. The zero-order valence-electron chi connectivity index (χ0n) is 17.6. The maximum atomic E-state index is 15.2. The van der Waals surface area contributed by atoms with Gasteiger partial charge in [-0.1, -0.05) is 0 Å². The molecule has 1 aliphatic heterocycles. The Morgan fingerprint density at radius 2 is 1.94 bits per heavy atom. The van der Waals surface area contributed by atoms with Crippen LogP contribution in [0.2, 0.25) is 0 Å². The smallest absolute Gasteiger partial charge is 0.262 e. The Morgan fingerprint density at radius 1 is 1.16 bits per heavy atom. The number of aryl methyl sites for hydroxylation is 3. The Labute approximate surface area is 177 Å². The molecule has 1 amide bonds. The number of amides is 1. The Balaban J connectivity index is 1.54. The molecule has 160 valence electrons. The van der Waals surface area contributed by atoms with E-state index in [-0.39, 0.29) is 5.56 Å². The van der Waals surface area contributed by atoms with Crippen molar-refractivity contribution in [3.63, 3.8) is 0 Å². The average molecular weight is 422 g/mol. The molecule has 31 heavy (non-hydrogen) atoms. The number of hydrogen-bond donors (Lipinski definition) is 2. The Kier molecular flexibility index (Phi) is 4.58. The van der Waals surface area contributed by atoms with E-state index in [0.29, 0.717) is 17.0 Å². The van der Waals surface area contributed by atoms with Crippen LogP contribution in [0.25, 0.3) is 16.6 Å². The topological polar surface area (TPSA) is 92.4 Å². The first kappa shape index (κ1) is 19.4. The molecule has 0 atom stereocenters. The highest BCUT2D eigenvalue weighted by Gasteiger charge is 2.25. The first-order valence-corrected chi connectivity index (χ1v) is 10.2. The van der Waals surface area contributed by atoms with Crippen molar-refractivity contribution in [1.29, 1.82) is 0 Å². The third-order valence-corrected chi connectivity index (χ3v) is 5.50. The summed E-state index contributed by atoms with van der Waals surface area (Å²) in [6.45, 7) is 6.93. The number of rotatable bonds is 3. The van der Waals surface area contributed by atoms with Crippen molar-refractivity contribution < 1.29 is 9.18 Å². The maximum absolute atomic E-state index is 15.2. The van der Waals surface area contributed by atoms with E-state index in [2.05, 4.69) is 30.6 Å². The minimum Gasteiger partial charge on any atom is -0.368 e. The molecule has 10 heteroatoms. The highest BCUT2D eigenvalue weighted by atomic mass is 19.1. The van der Waals surface area contributed by atoms with Crippen LogP contribution in [0.15, 0.2) is 24.7 Å². The quantitative estimate of drug-likeness (QED) is 0.525. The normalized spacial score (nSPS) is 14.5. The van der Waals surface area contributed by atoms with E-state index >= 15 is 4.39 Å². The lowest BCUT2D eigenvalue weighted by Crippen LogP contribution is -2.43. The minimum absolute atomic E-state index is 0.0856. The predicted octanol–water partition coefficient (Wildman–Crippen LogP) is 2.03. The molecule has 1 saturated heterocycles. The van der Waals surface area contributed by atoms with Gasteiger partial charge in [0.05, 0.1) is 23.3 Å². The van der Waals surface area contributed by atoms with Crippen molar-refractivity contribution in [2.75, 3.05) is 36.4 Å². The Hall–Kier alpha value is -3.53. The molecule has 1 aliphatic rings. The number of carbonyl (C=O) groups is 1. The minimum atomic E-state index is -0.602. The zero-order chi connectivity index (χ0) is 21.7. The summed E-state index contributed by atoms with van der Waals surface area (Å²) in [6, 6.07) is 1.44. The molecule has 0 bridgehead atoms. The van der Waals surface area contributed by atoms with Gasteiger partial charge in [0.25, 0.3) is 5.91 Å². The average Bonchev–Trinajstić information content (AvgIpc) is 3.30. The second-order valence-electron chi connectivity index (χ2n) is 7.83. The number of imidazole rings is 1. The van der Waals surface area contributed by atoms with Crippen LogP contribution in [0.5, 0.6) is 0 Å². The van der Waals surface area contributed by atoms with Crippen molar-refractivity contribution in [1.82, 2.24) is 29.5 Å². The summed E-state index contributed by atoms with van der Waals surface area (Å²) in [5.41, 5.74) is 3.23. The largest absolute Gasteiger partial charge is 0.368 e. The van der Waals surface area contributed by atoms with Gasteiger partial charge in [0.2, 0.25) is 0 Å². The van der Waals surface area contributed by atoms with Crippen LogP contribution in [0, 0.1) is 19.7 Å². The molecule has 0 radical (unpaired) electrons. The third-order valence-electron chi connectivity index (χ3n) is 5.50. The molecule has 5 rings (SSSR count). The Morgan fingerprint density at radius 3 is 2.71 bits per heavy atom. The summed E-state index contributed by atoms with van der Waals surface area (Å²) >= 11 is 0. The van der Waals surface area contributed by atoms with Crippen molar-refractivity contribution in [2.45, 2.75) is 13.8 Å². The first-order valence-electron chi connectivity index (χ1n) is 10.2. The second kappa shape index (κ2) is 7.31. The van der Waals surface area contributed by atoms with Crippen LogP contribution in [-0.2, 0) is 7.05 Å². The third kappa shape index (κ3) is 3.38. The number of benzene rings is 1. The van der Waals surface area contributed by atoms with Crippen LogP contribution in [0.1, 0.15) is 21.7 Å². The number of piperazine rings is 1. The second-order valence-corrected chi connectivity index (χ2v) is 7.83. The van der Waals surface area contributed by atoms with Crippen LogP contribution in [0.3, 0.4) is 0 Å². The molecule has 3 aromatic heterocycles. The van der Waals surface area contributed by atoms with Gasteiger partial charge in [0.1, 0.15) is 16.9 Å². The summed E-state index contributed by atoms with van der Waals surface area (Å²) in [7, 11) is 1.77. The number of fused-ring (bicyclic) bond motifs is 2. The molecule has 4 aromatic rings. The molecule has 0 aliphatic carbocycles. The molecule has 0 saturated carbocycles. The SMILES string of the molecule is Cc1cn2cc(NC(=O)c3c(F)cc(N4CCNCC4)c4cn(C)nc34)nc2c(C)n1. The summed E-state index contributed by atoms with van der Waals surface area (Å²) < 4.78 is 18.6. The molecule has 0 spiro atoms. The number of hydrogen-bond acceptors (Lipinski definition) is 6. The van der Waals surface area contributed by atoms with Crippen LogP contribution in [0.4, 0.5) is 15.9 Å². The van der Waals surface area contributed by atoms with Gasteiger partial charge < -0.3 is 19.9 Å². The number of aromatic nitrogens is 5. The fraction of sp³-hybridized carbons (Fsp3) is 0.333. The summed E-state index contributed by atoms with van der Waals surface area (Å²) in [6.07, 6.45) is 5.34. The number of nitrogens with zero attached hydrogens (tertiary/aromatic N) is 6. The maximum Gasteiger partial charge on any atom is 0.262 e. The van der Waals surface area contributed by atoms with Gasteiger partial charge in [-0.3, -0.25) is 14.5 Å². The van der Waals surface area contributed by atoms with E-state index < -0.39 is 11.7 Å². The van der Waals surface area contributed by atoms with Crippen molar-refractivity contribution >= 4 is 34.0 Å². The van der Waals surface area contributed by atoms with Crippen LogP contribution < -0.4 is 15.5 Å². The van der Waals surface area contributed by atoms with Gasteiger partial charge in [0, 0.05) is 51.0 Å².